The summed E-state index contributed by atoms with van der Waals surface area (Å²) >= 11 is 7.68. The van der Waals surface area contributed by atoms with Crippen molar-refractivity contribution in [3.8, 4) is 0 Å². The molecule has 2 N–H and O–H groups in total. The van der Waals surface area contributed by atoms with Gasteiger partial charge in [0.1, 0.15) is 0 Å². The molecule has 0 aromatic carbocycles. The third-order valence-electron chi connectivity index (χ3n) is 1.68. The summed E-state index contributed by atoms with van der Waals surface area (Å²) in [5.74, 6) is 2.44. The second-order valence-corrected chi connectivity index (χ2v) is 6.88. The number of thioether (sulfide) groups is 2. The molecule has 17 heavy (non-hydrogen) atoms. The predicted molar refractivity (Wildman–Crippen MR) is 78.1 cm³/mol. The smallest absolute Gasteiger partial charge is 0.181 e. The lowest BCUT2D eigenvalue weighted by molar-refractivity contribution is 0.00736. The molecule has 0 aromatic rings. The quantitative estimate of drug-likeness (QED) is 0.285. The Morgan fingerprint density at radius 2 is 1.94 bits per heavy atom. The molecule has 0 aliphatic heterocycles. The van der Waals surface area contributed by atoms with Crippen LogP contribution in [0.5, 0.6) is 0 Å². The number of aliphatic hydroxyl groups is 2. The molecule has 7 heteroatoms. The van der Waals surface area contributed by atoms with Gasteiger partial charge in [-0.15, -0.1) is 24.4 Å². The molecule has 0 aliphatic carbocycles. The fourth-order valence-corrected chi connectivity index (χ4v) is 2.93. The van der Waals surface area contributed by atoms with Gasteiger partial charge >= 0.3 is 0 Å². The molecule has 0 saturated carbocycles. The highest BCUT2D eigenvalue weighted by atomic mass is 32.2. The first-order chi connectivity index (χ1) is 8.18. The van der Waals surface area contributed by atoms with E-state index in [0.717, 1.165) is 17.3 Å². The molecule has 1 unspecified atom stereocenters. The van der Waals surface area contributed by atoms with Gasteiger partial charge in [0, 0.05) is 11.5 Å². The van der Waals surface area contributed by atoms with E-state index < -0.39 is 4.27 Å². The highest BCUT2D eigenvalue weighted by molar-refractivity contribution is 8.11. The molecule has 1 atom stereocenters. The second-order valence-electron chi connectivity index (χ2n) is 3.11. The predicted octanol–water partition coefficient (Wildman–Crippen LogP) is 1.07. The first-order valence-electron chi connectivity index (χ1n) is 5.56. The molecule has 0 bridgehead atoms. The lowest BCUT2D eigenvalue weighted by Crippen LogP contribution is -2.30. The Bertz CT molecular complexity index is 174. The number of thiol groups is 1. The lowest BCUT2D eigenvalue weighted by Gasteiger charge is -2.27. The highest BCUT2D eigenvalue weighted by Crippen LogP contribution is 2.31. The molecule has 104 valence electrons. The summed E-state index contributed by atoms with van der Waals surface area (Å²) in [5, 5.41) is 17.3. The van der Waals surface area contributed by atoms with Crippen LogP contribution in [0.1, 0.15) is 6.92 Å². The third kappa shape index (κ3) is 10.5. The van der Waals surface area contributed by atoms with Crippen LogP contribution < -0.4 is 0 Å². The summed E-state index contributed by atoms with van der Waals surface area (Å²) in [5.41, 5.74) is 0. The zero-order valence-corrected chi connectivity index (χ0v) is 12.7. The van der Waals surface area contributed by atoms with Gasteiger partial charge in [-0.3, -0.25) is 0 Å². The van der Waals surface area contributed by atoms with Crippen LogP contribution in [0, 0.1) is 0 Å². The van der Waals surface area contributed by atoms with E-state index in [2.05, 4.69) is 12.6 Å². The summed E-state index contributed by atoms with van der Waals surface area (Å²) in [4.78, 5) is 0. The van der Waals surface area contributed by atoms with Crippen molar-refractivity contribution in [2.24, 2.45) is 0 Å². The Morgan fingerprint density at radius 3 is 2.53 bits per heavy atom. The largest absolute Gasteiger partial charge is 0.396 e. The molecule has 0 spiro atoms. The van der Waals surface area contributed by atoms with Crippen molar-refractivity contribution in [2.45, 2.75) is 11.2 Å². The van der Waals surface area contributed by atoms with Gasteiger partial charge in [-0.25, -0.2) is 0 Å². The van der Waals surface area contributed by atoms with Crippen molar-refractivity contribution in [2.75, 3.05) is 50.3 Å². The number of aliphatic hydroxyl groups excluding tert-OH is 2. The average Bonchev–Trinajstić information content (AvgIpc) is 2.29. The molecule has 0 aromatic heterocycles. The van der Waals surface area contributed by atoms with Crippen molar-refractivity contribution < 1.29 is 19.7 Å². The van der Waals surface area contributed by atoms with Crippen molar-refractivity contribution >= 4 is 36.2 Å². The molecule has 0 radical (unpaired) electrons. The molecular formula is C10H22O4S3. The van der Waals surface area contributed by atoms with E-state index in [1.165, 1.54) is 0 Å². The second kappa shape index (κ2) is 12.0. The Labute approximate surface area is 117 Å². The maximum absolute atomic E-state index is 8.64. The van der Waals surface area contributed by atoms with Crippen LogP contribution in [0.2, 0.25) is 0 Å². The van der Waals surface area contributed by atoms with E-state index in [1.54, 1.807) is 23.5 Å². The van der Waals surface area contributed by atoms with E-state index in [0.29, 0.717) is 19.8 Å². The molecular weight excluding hydrogens is 280 g/mol. The Balaban J connectivity index is 3.77. The van der Waals surface area contributed by atoms with Gasteiger partial charge in [-0.1, -0.05) is 6.92 Å². The van der Waals surface area contributed by atoms with E-state index in [-0.39, 0.29) is 13.2 Å². The first kappa shape index (κ1) is 17.9. The van der Waals surface area contributed by atoms with E-state index in [9.17, 15) is 0 Å². The normalized spacial score (nSPS) is 14.8. The maximum Gasteiger partial charge on any atom is 0.181 e. The minimum Gasteiger partial charge on any atom is -0.396 e. The maximum atomic E-state index is 8.64. The van der Waals surface area contributed by atoms with Gasteiger partial charge in [0.2, 0.25) is 0 Å². The van der Waals surface area contributed by atoms with E-state index in [1.807, 2.05) is 6.92 Å². The van der Waals surface area contributed by atoms with Gasteiger partial charge in [0.25, 0.3) is 0 Å². The summed E-state index contributed by atoms with van der Waals surface area (Å²) in [6.07, 6.45) is 0. The molecule has 0 aliphatic rings. The summed E-state index contributed by atoms with van der Waals surface area (Å²) < 4.78 is 10.3. The van der Waals surface area contributed by atoms with Crippen molar-refractivity contribution in [1.29, 1.82) is 0 Å². The standard InChI is InChI=1S/C10H22O4S3/c1-2-17-10(15,9-13-5-3-11)14-6-8-16-7-4-12/h11-12,15H,2-9H2,1H3. The first-order valence-corrected chi connectivity index (χ1v) is 8.14. The van der Waals surface area contributed by atoms with Gasteiger partial charge in [-0.2, -0.15) is 11.8 Å². The van der Waals surface area contributed by atoms with Crippen molar-refractivity contribution in [3.63, 3.8) is 0 Å². The minimum atomic E-state index is -0.649. The van der Waals surface area contributed by atoms with Crippen LogP contribution >= 0.6 is 36.2 Å². The number of rotatable bonds is 12. The molecule has 0 heterocycles. The fraction of sp³-hybridized carbons (Fsp3) is 1.00. The zero-order chi connectivity index (χ0) is 13.0. The zero-order valence-electron chi connectivity index (χ0n) is 10.1. The molecule has 0 rings (SSSR count). The topological polar surface area (TPSA) is 58.9 Å². The van der Waals surface area contributed by atoms with Gasteiger partial charge in [0.15, 0.2) is 4.27 Å². The van der Waals surface area contributed by atoms with Gasteiger partial charge in [0.05, 0.1) is 33.0 Å². The van der Waals surface area contributed by atoms with Crippen LogP contribution in [0.4, 0.5) is 0 Å². The molecule has 4 nitrogen and oxygen atoms in total. The van der Waals surface area contributed by atoms with E-state index >= 15 is 0 Å². The minimum absolute atomic E-state index is 0.00695. The van der Waals surface area contributed by atoms with Crippen LogP contribution in [-0.2, 0) is 9.47 Å². The summed E-state index contributed by atoms with van der Waals surface area (Å²) in [6, 6.07) is 0. The fourth-order valence-electron chi connectivity index (χ4n) is 1.04. The van der Waals surface area contributed by atoms with Crippen LogP contribution in [0.15, 0.2) is 0 Å². The number of hydrogen-bond acceptors (Lipinski definition) is 7. The monoisotopic (exact) mass is 302 g/mol. The Kier molecular flexibility index (Phi) is 12.6. The lowest BCUT2D eigenvalue weighted by atomic mass is 10.7. The average molecular weight is 302 g/mol. The van der Waals surface area contributed by atoms with Crippen molar-refractivity contribution in [1.82, 2.24) is 0 Å². The third-order valence-corrected chi connectivity index (χ3v) is 4.23. The summed E-state index contributed by atoms with van der Waals surface area (Å²) in [6.45, 7) is 3.46. The van der Waals surface area contributed by atoms with Crippen LogP contribution in [0.25, 0.3) is 0 Å². The Morgan fingerprint density at radius 1 is 1.18 bits per heavy atom. The number of ether oxygens (including phenoxy) is 2. The Hall–Kier alpha value is 0.890. The highest BCUT2D eigenvalue weighted by Gasteiger charge is 2.26. The van der Waals surface area contributed by atoms with E-state index in [4.69, 9.17) is 19.7 Å². The van der Waals surface area contributed by atoms with Crippen molar-refractivity contribution in [3.05, 3.63) is 0 Å². The van der Waals surface area contributed by atoms with Gasteiger partial charge in [-0.05, 0) is 5.75 Å². The number of hydrogen-bond donors (Lipinski definition) is 3. The summed E-state index contributed by atoms with van der Waals surface area (Å²) in [7, 11) is 0. The molecule has 0 amide bonds. The van der Waals surface area contributed by atoms with Crippen LogP contribution in [-0.4, -0.2) is 64.8 Å². The molecule has 0 fully saturated rings. The van der Waals surface area contributed by atoms with Crippen LogP contribution in [0.3, 0.4) is 0 Å². The SMILES string of the molecule is CCSC(S)(COCCO)OCCSCCO. The molecule has 0 saturated heterocycles. The van der Waals surface area contributed by atoms with Gasteiger partial charge < -0.3 is 19.7 Å².